The normalized spacial score (nSPS) is 10.9. The summed E-state index contributed by atoms with van der Waals surface area (Å²) in [7, 11) is 0. The molecule has 0 N–H and O–H groups in total. The zero-order chi connectivity index (χ0) is 25.9. The molecule has 4 rings (SSSR count). The van der Waals surface area contributed by atoms with E-state index in [4.69, 9.17) is 14.6 Å². The van der Waals surface area contributed by atoms with E-state index in [1.807, 2.05) is 66.7 Å². The number of benzene rings is 3. The predicted octanol–water partition coefficient (Wildman–Crippen LogP) is 5.39. The highest BCUT2D eigenvalue weighted by Crippen LogP contribution is 2.30. The lowest BCUT2D eigenvalue weighted by molar-refractivity contribution is -0.145. The first-order valence-corrected chi connectivity index (χ1v) is 12.7. The van der Waals surface area contributed by atoms with Crippen molar-refractivity contribution >= 4 is 5.97 Å². The quantitative estimate of drug-likeness (QED) is 0.194. The first kappa shape index (κ1) is 25.9. The minimum atomic E-state index is -0.380. The number of carbonyl (C=O) groups is 1. The Morgan fingerprint density at radius 2 is 1.57 bits per heavy atom. The van der Waals surface area contributed by atoms with Gasteiger partial charge in [0.2, 0.25) is 0 Å². The summed E-state index contributed by atoms with van der Waals surface area (Å²) in [4.78, 5) is 24.1. The minimum Gasteiger partial charge on any atom is -0.482 e. The summed E-state index contributed by atoms with van der Waals surface area (Å²) < 4.78 is 12.0. The first-order valence-electron chi connectivity index (χ1n) is 12.7. The monoisotopic (exact) mass is 496 g/mol. The van der Waals surface area contributed by atoms with E-state index < -0.39 is 0 Å². The zero-order valence-electron chi connectivity index (χ0n) is 21.1. The molecule has 3 aromatic carbocycles. The van der Waals surface area contributed by atoms with Gasteiger partial charge in [0.1, 0.15) is 5.75 Å². The Morgan fingerprint density at radius 3 is 2.24 bits per heavy atom. The Hall–Kier alpha value is -4.19. The number of unbranched alkanes of at least 4 members (excludes halogenated alkanes) is 1. The SMILES string of the molecule is CCOC(=O)COc1cccc(CCCCn2nc(C(c3ccccc3)c3ccccc3)ccc2=O)c1. The van der Waals surface area contributed by atoms with E-state index in [1.165, 1.54) is 0 Å². The Balaban J connectivity index is 1.40. The number of carbonyl (C=O) groups excluding carboxylic acids is 1. The number of rotatable bonds is 12. The number of hydrogen-bond donors (Lipinski definition) is 0. The van der Waals surface area contributed by atoms with Crippen LogP contribution in [0.2, 0.25) is 0 Å². The Labute approximate surface area is 217 Å². The molecule has 37 heavy (non-hydrogen) atoms. The summed E-state index contributed by atoms with van der Waals surface area (Å²) in [5.74, 6) is 0.213. The van der Waals surface area contributed by atoms with Crippen molar-refractivity contribution in [1.82, 2.24) is 9.78 Å². The zero-order valence-corrected chi connectivity index (χ0v) is 21.1. The summed E-state index contributed by atoms with van der Waals surface area (Å²) in [6, 6.07) is 31.7. The molecule has 0 atom stereocenters. The van der Waals surface area contributed by atoms with Crippen molar-refractivity contribution in [2.24, 2.45) is 0 Å². The third-order valence-electron chi connectivity index (χ3n) is 6.09. The molecule has 4 aromatic rings. The van der Waals surface area contributed by atoms with Crippen LogP contribution in [0.15, 0.2) is 102 Å². The Bertz CT molecular complexity index is 1300. The molecule has 0 bridgehead atoms. The lowest BCUT2D eigenvalue weighted by Crippen LogP contribution is -2.24. The van der Waals surface area contributed by atoms with Crippen LogP contribution < -0.4 is 10.3 Å². The van der Waals surface area contributed by atoms with Crippen molar-refractivity contribution in [3.8, 4) is 5.75 Å². The number of esters is 1. The standard InChI is InChI=1S/C31H32N2O4/c1-2-36-30(35)23-37-27-18-11-13-24(22-27)12-9-10-21-33-29(34)20-19-28(32-33)31(25-14-5-3-6-15-25)26-16-7-4-8-17-26/h3-8,11,13-20,22,31H,2,9-10,12,21,23H2,1H3. The van der Waals surface area contributed by atoms with Gasteiger partial charge in [-0.05, 0) is 61.1 Å². The second-order valence-electron chi connectivity index (χ2n) is 8.77. The molecule has 0 spiro atoms. The van der Waals surface area contributed by atoms with Crippen molar-refractivity contribution in [1.29, 1.82) is 0 Å². The lowest BCUT2D eigenvalue weighted by Gasteiger charge is -2.18. The van der Waals surface area contributed by atoms with E-state index in [-0.39, 0.29) is 24.1 Å². The minimum absolute atomic E-state index is 0.0494. The smallest absolute Gasteiger partial charge is 0.344 e. The highest BCUT2D eigenvalue weighted by Gasteiger charge is 2.19. The molecule has 0 radical (unpaired) electrons. The molecule has 0 aliphatic rings. The van der Waals surface area contributed by atoms with Crippen LogP contribution in [-0.4, -0.2) is 29.0 Å². The molecule has 0 unspecified atom stereocenters. The van der Waals surface area contributed by atoms with Crippen molar-refractivity contribution in [3.63, 3.8) is 0 Å². The van der Waals surface area contributed by atoms with E-state index in [0.29, 0.717) is 18.9 Å². The summed E-state index contributed by atoms with van der Waals surface area (Å²) in [5.41, 5.74) is 4.14. The molecule has 6 nitrogen and oxygen atoms in total. The van der Waals surface area contributed by atoms with Crippen molar-refractivity contribution in [3.05, 3.63) is 130 Å². The summed E-state index contributed by atoms with van der Waals surface area (Å²) in [6.45, 7) is 2.54. The highest BCUT2D eigenvalue weighted by atomic mass is 16.6. The fourth-order valence-electron chi connectivity index (χ4n) is 4.33. The number of aryl methyl sites for hydroxylation is 2. The van der Waals surface area contributed by atoms with Crippen LogP contribution in [0, 0.1) is 0 Å². The van der Waals surface area contributed by atoms with Crippen LogP contribution in [0.3, 0.4) is 0 Å². The Kier molecular flexibility index (Phi) is 9.24. The molecule has 1 heterocycles. The maximum Gasteiger partial charge on any atom is 0.344 e. The number of ether oxygens (including phenoxy) is 2. The van der Waals surface area contributed by atoms with Crippen LogP contribution >= 0.6 is 0 Å². The first-order chi connectivity index (χ1) is 18.1. The third-order valence-corrected chi connectivity index (χ3v) is 6.09. The average Bonchev–Trinajstić information content (AvgIpc) is 2.93. The molecule has 0 aliphatic carbocycles. The van der Waals surface area contributed by atoms with Gasteiger partial charge in [-0.2, -0.15) is 5.10 Å². The van der Waals surface area contributed by atoms with Gasteiger partial charge in [0.05, 0.1) is 18.2 Å². The van der Waals surface area contributed by atoms with Crippen LogP contribution in [-0.2, 0) is 22.5 Å². The van der Waals surface area contributed by atoms with Gasteiger partial charge in [-0.25, -0.2) is 9.48 Å². The van der Waals surface area contributed by atoms with Crippen LogP contribution in [0.1, 0.15) is 48.1 Å². The topological polar surface area (TPSA) is 70.4 Å². The maximum absolute atomic E-state index is 12.6. The number of aromatic nitrogens is 2. The second kappa shape index (κ2) is 13.2. The van der Waals surface area contributed by atoms with Gasteiger partial charge >= 0.3 is 5.97 Å². The molecular formula is C31H32N2O4. The van der Waals surface area contributed by atoms with E-state index in [1.54, 1.807) is 17.7 Å². The van der Waals surface area contributed by atoms with Crippen molar-refractivity contribution in [2.75, 3.05) is 13.2 Å². The second-order valence-corrected chi connectivity index (χ2v) is 8.77. The Morgan fingerprint density at radius 1 is 0.865 bits per heavy atom. The molecule has 0 saturated carbocycles. The molecule has 0 aliphatic heterocycles. The van der Waals surface area contributed by atoms with Gasteiger partial charge in [-0.3, -0.25) is 4.79 Å². The van der Waals surface area contributed by atoms with Gasteiger partial charge in [-0.1, -0.05) is 72.8 Å². The summed E-state index contributed by atoms with van der Waals surface area (Å²) in [5, 5.41) is 4.78. The molecule has 6 heteroatoms. The van der Waals surface area contributed by atoms with Gasteiger partial charge < -0.3 is 9.47 Å². The molecule has 0 fully saturated rings. The predicted molar refractivity (Wildman–Crippen MR) is 144 cm³/mol. The molecule has 1 aromatic heterocycles. The average molecular weight is 497 g/mol. The van der Waals surface area contributed by atoms with Crippen LogP contribution in [0.4, 0.5) is 0 Å². The van der Waals surface area contributed by atoms with Crippen LogP contribution in [0.25, 0.3) is 0 Å². The van der Waals surface area contributed by atoms with E-state index in [2.05, 4.69) is 24.3 Å². The largest absolute Gasteiger partial charge is 0.482 e. The maximum atomic E-state index is 12.6. The van der Waals surface area contributed by atoms with E-state index in [0.717, 1.165) is 41.6 Å². The van der Waals surface area contributed by atoms with Crippen molar-refractivity contribution < 1.29 is 14.3 Å². The third kappa shape index (κ3) is 7.40. The molecule has 0 saturated heterocycles. The number of nitrogens with zero attached hydrogens (tertiary/aromatic N) is 2. The molecule has 190 valence electrons. The fraction of sp³-hybridized carbons (Fsp3) is 0.258. The molecule has 0 amide bonds. The van der Waals surface area contributed by atoms with E-state index in [9.17, 15) is 9.59 Å². The van der Waals surface area contributed by atoms with Crippen molar-refractivity contribution in [2.45, 2.75) is 38.6 Å². The highest BCUT2D eigenvalue weighted by molar-refractivity contribution is 5.71. The lowest BCUT2D eigenvalue weighted by atomic mass is 9.88. The van der Waals surface area contributed by atoms with Crippen LogP contribution in [0.5, 0.6) is 5.75 Å². The van der Waals surface area contributed by atoms with E-state index >= 15 is 0 Å². The summed E-state index contributed by atoms with van der Waals surface area (Å²) >= 11 is 0. The van der Waals surface area contributed by atoms with Gasteiger partial charge in [-0.15, -0.1) is 0 Å². The van der Waals surface area contributed by atoms with Gasteiger partial charge in [0.15, 0.2) is 6.61 Å². The fourth-order valence-corrected chi connectivity index (χ4v) is 4.33. The van der Waals surface area contributed by atoms with Gasteiger partial charge in [0.25, 0.3) is 5.56 Å². The summed E-state index contributed by atoms with van der Waals surface area (Å²) in [6.07, 6.45) is 2.54. The number of hydrogen-bond acceptors (Lipinski definition) is 5. The van der Waals surface area contributed by atoms with Gasteiger partial charge in [0, 0.05) is 12.6 Å². The molecular weight excluding hydrogens is 464 g/mol.